The quantitative estimate of drug-likeness (QED) is 0.673. The third-order valence-corrected chi connectivity index (χ3v) is 4.26. The van der Waals surface area contributed by atoms with Gasteiger partial charge in [0.1, 0.15) is 0 Å². The molecule has 0 aromatic carbocycles. The lowest BCUT2D eigenvalue weighted by atomic mass is 9.95. The fraction of sp³-hybridized carbons (Fsp3) is 0.833. The topological polar surface area (TPSA) is 84.2 Å². The third-order valence-electron chi connectivity index (χ3n) is 3.03. The molecule has 0 aliphatic heterocycles. The van der Waals surface area contributed by atoms with E-state index in [-0.39, 0.29) is 43.4 Å². The molecule has 1 aliphatic carbocycles. The van der Waals surface area contributed by atoms with Gasteiger partial charge in [-0.3, -0.25) is 9.59 Å². The van der Waals surface area contributed by atoms with E-state index in [0.717, 1.165) is 25.0 Å². The van der Waals surface area contributed by atoms with E-state index in [1.54, 1.807) is 0 Å². The SMILES string of the molecule is CCSC1CCCC(NC(=O)CNC(=O)CN)C1.Cl. The van der Waals surface area contributed by atoms with Crippen molar-refractivity contribution in [2.75, 3.05) is 18.8 Å². The fourth-order valence-corrected chi connectivity index (χ4v) is 3.37. The average molecular weight is 310 g/mol. The summed E-state index contributed by atoms with van der Waals surface area (Å²) in [5.41, 5.74) is 5.15. The summed E-state index contributed by atoms with van der Waals surface area (Å²) in [7, 11) is 0. The fourth-order valence-electron chi connectivity index (χ4n) is 2.19. The zero-order valence-electron chi connectivity index (χ0n) is 11.3. The van der Waals surface area contributed by atoms with E-state index in [0.29, 0.717) is 5.25 Å². The van der Waals surface area contributed by atoms with Gasteiger partial charge in [-0.15, -0.1) is 12.4 Å². The lowest BCUT2D eigenvalue weighted by Crippen LogP contribution is -2.45. The first kappa shape index (κ1) is 18.5. The smallest absolute Gasteiger partial charge is 0.239 e. The Labute approximate surface area is 125 Å². The van der Waals surface area contributed by atoms with Gasteiger partial charge in [0.15, 0.2) is 0 Å². The molecule has 0 bridgehead atoms. The largest absolute Gasteiger partial charge is 0.352 e. The number of hydrogen-bond donors (Lipinski definition) is 3. The van der Waals surface area contributed by atoms with E-state index >= 15 is 0 Å². The van der Waals surface area contributed by atoms with Crippen molar-refractivity contribution in [1.29, 1.82) is 0 Å². The molecule has 0 aromatic heterocycles. The van der Waals surface area contributed by atoms with Gasteiger partial charge in [-0.2, -0.15) is 11.8 Å². The standard InChI is InChI=1S/C12H23N3O2S.ClH/c1-2-18-10-5-3-4-9(6-10)15-12(17)8-14-11(16)7-13;/h9-10H,2-8,13H2,1H3,(H,14,16)(H,15,17);1H. The molecule has 2 atom stereocenters. The second-order valence-electron chi connectivity index (χ2n) is 4.49. The van der Waals surface area contributed by atoms with Crippen molar-refractivity contribution in [2.24, 2.45) is 5.73 Å². The van der Waals surface area contributed by atoms with Crippen molar-refractivity contribution in [1.82, 2.24) is 10.6 Å². The number of carbonyl (C=O) groups is 2. The minimum atomic E-state index is -0.298. The van der Waals surface area contributed by atoms with Gasteiger partial charge in [-0.1, -0.05) is 13.3 Å². The number of rotatable bonds is 6. The van der Waals surface area contributed by atoms with Crippen LogP contribution < -0.4 is 16.4 Å². The van der Waals surface area contributed by atoms with Crippen LogP contribution in [-0.4, -0.2) is 41.9 Å². The van der Waals surface area contributed by atoms with Crippen LogP contribution in [0.15, 0.2) is 0 Å². The van der Waals surface area contributed by atoms with Crippen LogP contribution in [0.5, 0.6) is 0 Å². The summed E-state index contributed by atoms with van der Waals surface area (Å²) >= 11 is 1.97. The van der Waals surface area contributed by atoms with Crippen molar-refractivity contribution in [2.45, 2.75) is 43.9 Å². The number of halogens is 1. The van der Waals surface area contributed by atoms with Crippen LogP contribution in [0.4, 0.5) is 0 Å². The molecule has 2 amide bonds. The lowest BCUT2D eigenvalue weighted by molar-refractivity contribution is -0.125. The predicted octanol–water partition coefficient (Wildman–Crippen LogP) is 0.664. The molecule has 1 rings (SSSR count). The maximum Gasteiger partial charge on any atom is 0.239 e. The molecule has 112 valence electrons. The summed E-state index contributed by atoms with van der Waals surface area (Å²) in [6, 6.07) is 0.255. The van der Waals surface area contributed by atoms with Gasteiger partial charge >= 0.3 is 0 Å². The maximum atomic E-state index is 11.6. The Morgan fingerprint density at radius 3 is 2.68 bits per heavy atom. The van der Waals surface area contributed by atoms with Crippen molar-refractivity contribution < 1.29 is 9.59 Å². The number of hydrogen-bond acceptors (Lipinski definition) is 4. The monoisotopic (exact) mass is 309 g/mol. The average Bonchev–Trinajstić information content (AvgIpc) is 2.37. The molecule has 0 aromatic rings. The molecular weight excluding hydrogens is 286 g/mol. The molecule has 2 unspecified atom stereocenters. The van der Waals surface area contributed by atoms with E-state index in [2.05, 4.69) is 17.6 Å². The summed E-state index contributed by atoms with van der Waals surface area (Å²) in [6.45, 7) is 2.11. The van der Waals surface area contributed by atoms with Crippen molar-refractivity contribution in [3.63, 3.8) is 0 Å². The van der Waals surface area contributed by atoms with Crippen molar-refractivity contribution >= 4 is 36.0 Å². The van der Waals surface area contributed by atoms with Gasteiger partial charge < -0.3 is 16.4 Å². The highest BCUT2D eigenvalue weighted by molar-refractivity contribution is 7.99. The van der Waals surface area contributed by atoms with Crippen molar-refractivity contribution in [3.8, 4) is 0 Å². The molecule has 4 N–H and O–H groups in total. The summed E-state index contributed by atoms with van der Waals surface area (Å²) < 4.78 is 0. The van der Waals surface area contributed by atoms with Crippen LogP contribution in [0.25, 0.3) is 0 Å². The van der Waals surface area contributed by atoms with E-state index < -0.39 is 0 Å². The van der Waals surface area contributed by atoms with Gasteiger partial charge in [-0.05, 0) is 25.0 Å². The summed E-state index contributed by atoms with van der Waals surface area (Å²) in [6.07, 6.45) is 4.49. The zero-order valence-corrected chi connectivity index (χ0v) is 12.9. The predicted molar refractivity (Wildman–Crippen MR) is 81.6 cm³/mol. The van der Waals surface area contributed by atoms with Crippen LogP contribution in [-0.2, 0) is 9.59 Å². The molecule has 5 nitrogen and oxygen atoms in total. The highest BCUT2D eigenvalue weighted by Gasteiger charge is 2.22. The molecule has 0 saturated heterocycles. The first-order valence-electron chi connectivity index (χ1n) is 6.53. The number of amides is 2. The van der Waals surface area contributed by atoms with Gasteiger partial charge in [0, 0.05) is 11.3 Å². The Bertz CT molecular complexity index is 290. The van der Waals surface area contributed by atoms with E-state index in [1.165, 1.54) is 6.42 Å². The van der Waals surface area contributed by atoms with Crippen LogP contribution in [0.3, 0.4) is 0 Å². The van der Waals surface area contributed by atoms with Crippen LogP contribution in [0.1, 0.15) is 32.6 Å². The van der Waals surface area contributed by atoms with E-state index in [9.17, 15) is 9.59 Å². The Hall–Kier alpha value is -0.460. The van der Waals surface area contributed by atoms with Crippen LogP contribution in [0.2, 0.25) is 0 Å². The Morgan fingerprint density at radius 2 is 2.05 bits per heavy atom. The van der Waals surface area contributed by atoms with E-state index in [1.807, 2.05) is 11.8 Å². The highest BCUT2D eigenvalue weighted by Crippen LogP contribution is 2.28. The van der Waals surface area contributed by atoms with Gasteiger partial charge in [0.05, 0.1) is 13.1 Å². The molecule has 0 heterocycles. The van der Waals surface area contributed by atoms with Crippen molar-refractivity contribution in [3.05, 3.63) is 0 Å². The minimum Gasteiger partial charge on any atom is -0.352 e. The summed E-state index contributed by atoms with van der Waals surface area (Å²) in [5.74, 6) is 0.704. The zero-order chi connectivity index (χ0) is 13.4. The molecule has 0 radical (unpaired) electrons. The summed E-state index contributed by atoms with van der Waals surface area (Å²) in [5, 5.41) is 6.12. The lowest BCUT2D eigenvalue weighted by Gasteiger charge is -2.29. The molecule has 19 heavy (non-hydrogen) atoms. The normalized spacial score (nSPS) is 22.2. The Kier molecular flexibility index (Phi) is 10.1. The first-order chi connectivity index (χ1) is 8.65. The second-order valence-corrected chi connectivity index (χ2v) is 6.07. The Morgan fingerprint density at radius 1 is 1.32 bits per heavy atom. The second kappa shape index (κ2) is 10.3. The van der Waals surface area contributed by atoms with Gasteiger partial charge in [0.2, 0.25) is 11.8 Å². The molecule has 1 fully saturated rings. The highest BCUT2D eigenvalue weighted by atomic mass is 35.5. The number of thioether (sulfide) groups is 1. The molecule has 1 aliphatic rings. The number of nitrogens with one attached hydrogen (secondary N) is 2. The minimum absolute atomic E-state index is 0. The number of carbonyl (C=O) groups excluding carboxylic acids is 2. The third kappa shape index (κ3) is 7.64. The molecule has 0 spiro atoms. The number of nitrogens with two attached hydrogens (primary N) is 1. The maximum absolute atomic E-state index is 11.6. The van der Waals surface area contributed by atoms with Crippen LogP contribution >= 0.6 is 24.2 Å². The van der Waals surface area contributed by atoms with Crippen LogP contribution in [0, 0.1) is 0 Å². The van der Waals surface area contributed by atoms with E-state index in [4.69, 9.17) is 5.73 Å². The Balaban J connectivity index is 0.00000324. The molecule has 7 heteroatoms. The summed E-state index contributed by atoms with van der Waals surface area (Å²) in [4.78, 5) is 22.5. The molecular formula is C12H24ClN3O2S. The molecule has 1 saturated carbocycles. The van der Waals surface area contributed by atoms with Gasteiger partial charge in [-0.25, -0.2) is 0 Å². The van der Waals surface area contributed by atoms with Gasteiger partial charge in [0.25, 0.3) is 0 Å². The first-order valence-corrected chi connectivity index (χ1v) is 7.58.